The second kappa shape index (κ2) is 18.4. The van der Waals surface area contributed by atoms with Crippen LogP contribution < -0.4 is 25.5 Å². The molecule has 0 unspecified atom stereocenters. The van der Waals surface area contributed by atoms with Crippen molar-refractivity contribution in [1.82, 2.24) is 0 Å². The van der Waals surface area contributed by atoms with E-state index in [1.165, 1.54) is 89.2 Å². The van der Waals surface area contributed by atoms with Gasteiger partial charge in [0, 0.05) is 45.4 Å². The zero-order valence-electron chi connectivity index (χ0n) is 43.2. The van der Waals surface area contributed by atoms with Gasteiger partial charge in [0.05, 0.1) is 11.1 Å². The Morgan fingerprint density at radius 3 is 1.51 bits per heavy atom. The zero-order valence-corrected chi connectivity index (χ0v) is 43.2. The number of rotatable bonds is 9. The second-order valence-corrected chi connectivity index (χ2v) is 20.8. The molecule has 0 radical (unpaired) electrons. The van der Waals surface area contributed by atoms with Crippen LogP contribution in [0.1, 0.15) is 27.8 Å². The highest BCUT2D eigenvalue weighted by atomic mass is 15.2. The molecule has 15 rings (SSSR count). The summed E-state index contributed by atoms with van der Waals surface area (Å²) >= 11 is 0. The quantitative estimate of drug-likeness (QED) is 0.133. The number of fused-ring (bicyclic) bond motifs is 6. The SMILES string of the molecule is Cc1ccccc1-c1cc2c3c(c1)N1c4ccccc4C(c4ccccc4)(c4ccccc4)c4cccc(c41)B3N(c1ccccc1)c1cc(N(c3cccc(-c4ccccc4)c3)c3cccc(-c4ccccc4)c3)ccc1-2. The molecule has 0 saturated heterocycles. The molecule has 3 aliphatic rings. The van der Waals surface area contributed by atoms with Crippen molar-refractivity contribution in [3.05, 3.63) is 325 Å². The highest BCUT2D eigenvalue weighted by molar-refractivity contribution is 6.93. The fourth-order valence-electron chi connectivity index (χ4n) is 13.3. The number of benzene rings is 12. The Hall–Kier alpha value is -9.90. The Morgan fingerprint density at radius 1 is 0.346 bits per heavy atom. The predicted molar refractivity (Wildman–Crippen MR) is 328 cm³/mol. The van der Waals surface area contributed by atoms with Crippen LogP contribution >= 0.6 is 0 Å². The molecule has 78 heavy (non-hydrogen) atoms. The summed E-state index contributed by atoms with van der Waals surface area (Å²) in [5, 5.41) is 0. The number of aryl methyl sites for hydroxylation is 1. The van der Waals surface area contributed by atoms with Crippen LogP contribution in [0.4, 0.5) is 45.5 Å². The van der Waals surface area contributed by atoms with E-state index < -0.39 is 5.41 Å². The average molecular weight is 994 g/mol. The lowest BCUT2D eigenvalue weighted by atomic mass is 9.42. The van der Waals surface area contributed by atoms with Crippen molar-refractivity contribution in [3.8, 4) is 44.5 Å². The fourth-order valence-corrected chi connectivity index (χ4v) is 13.3. The van der Waals surface area contributed by atoms with Gasteiger partial charge in [-0.3, -0.25) is 0 Å². The molecule has 3 aliphatic heterocycles. The van der Waals surface area contributed by atoms with Gasteiger partial charge in [-0.05, 0) is 151 Å². The average Bonchev–Trinajstić information content (AvgIpc) is 3.08. The van der Waals surface area contributed by atoms with E-state index in [2.05, 4.69) is 319 Å². The minimum Gasteiger partial charge on any atom is -0.376 e. The molecule has 0 fully saturated rings. The summed E-state index contributed by atoms with van der Waals surface area (Å²) in [5.41, 5.74) is 26.8. The molecule has 0 saturated carbocycles. The molecule has 0 N–H and O–H groups in total. The molecule has 0 bridgehead atoms. The van der Waals surface area contributed by atoms with Crippen molar-refractivity contribution < 1.29 is 0 Å². The van der Waals surface area contributed by atoms with Gasteiger partial charge in [-0.25, -0.2) is 0 Å². The molecule has 3 nitrogen and oxygen atoms in total. The molecule has 4 heteroatoms. The Labute approximate surface area is 457 Å². The highest BCUT2D eigenvalue weighted by Crippen LogP contribution is 2.60. The largest absolute Gasteiger partial charge is 0.376 e. The van der Waals surface area contributed by atoms with Crippen molar-refractivity contribution in [2.45, 2.75) is 12.3 Å². The molecule has 0 aliphatic carbocycles. The minimum atomic E-state index is -0.630. The Kier molecular flexibility index (Phi) is 10.8. The summed E-state index contributed by atoms with van der Waals surface area (Å²) in [5.74, 6) is 0. The Balaban J connectivity index is 1.04. The first kappa shape index (κ1) is 45.5. The van der Waals surface area contributed by atoms with Crippen LogP contribution in [-0.2, 0) is 5.41 Å². The summed E-state index contributed by atoms with van der Waals surface area (Å²) in [6, 6.07) is 110. The van der Waals surface area contributed by atoms with E-state index in [0.717, 1.165) is 39.6 Å². The molecule has 0 atom stereocenters. The van der Waals surface area contributed by atoms with E-state index in [1.54, 1.807) is 0 Å². The lowest BCUT2D eigenvalue weighted by Gasteiger charge is -2.52. The predicted octanol–water partition coefficient (Wildman–Crippen LogP) is 17.9. The maximum absolute atomic E-state index is 2.65. The molecule has 366 valence electrons. The van der Waals surface area contributed by atoms with Gasteiger partial charge in [0.25, 0.3) is 0 Å². The van der Waals surface area contributed by atoms with Crippen LogP contribution in [-0.4, -0.2) is 6.85 Å². The van der Waals surface area contributed by atoms with Crippen molar-refractivity contribution >= 4 is 63.3 Å². The third-order valence-electron chi connectivity index (χ3n) is 16.6. The monoisotopic (exact) mass is 993 g/mol. The molecule has 3 heterocycles. The third kappa shape index (κ3) is 7.07. The third-order valence-corrected chi connectivity index (χ3v) is 16.6. The van der Waals surface area contributed by atoms with Gasteiger partial charge in [-0.2, -0.15) is 0 Å². The van der Waals surface area contributed by atoms with E-state index >= 15 is 0 Å². The van der Waals surface area contributed by atoms with E-state index in [4.69, 9.17) is 0 Å². The number of hydrogen-bond acceptors (Lipinski definition) is 3. The van der Waals surface area contributed by atoms with Crippen LogP contribution in [0.15, 0.2) is 297 Å². The van der Waals surface area contributed by atoms with Crippen LogP contribution in [0.3, 0.4) is 0 Å². The maximum atomic E-state index is 2.65. The van der Waals surface area contributed by atoms with E-state index in [9.17, 15) is 0 Å². The standard InChI is InChI=1S/C74H52BN3/c1-51-24-17-18-39-63(51)56-48-65-64-45-44-62(76(60-37-21-29-54(46-60)52-25-7-2-8-26-52)61-38-22-30-55(47-61)53-27-9-3-10-28-53)50-70(64)78(59-35-15-6-16-36-59)75-68-42-23-41-67-73(68)77(71(49-56)72(65)75)69-43-20-19-40-66(69)74(67,57-31-11-4-12-32-57)58-33-13-5-14-34-58/h2-50H,1H3. The smallest absolute Gasteiger partial charge is 0.333 e. The molecule has 12 aromatic rings. The minimum absolute atomic E-state index is 0.206. The Morgan fingerprint density at radius 2 is 0.872 bits per heavy atom. The zero-order chi connectivity index (χ0) is 51.7. The van der Waals surface area contributed by atoms with Crippen LogP contribution in [0.25, 0.3) is 44.5 Å². The van der Waals surface area contributed by atoms with Crippen molar-refractivity contribution in [2.24, 2.45) is 0 Å². The van der Waals surface area contributed by atoms with E-state index in [1.807, 2.05) is 0 Å². The molecular formula is C74H52BN3. The fraction of sp³-hybridized carbons (Fsp3) is 0.0270. The molecule has 12 aromatic carbocycles. The molecular weight excluding hydrogens is 942 g/mol. The highest BCUT2D eigenvalue weighted by Gasteiger charge is 2.53. The van der Waals surface area contributed by atoms with Crippen molar-refractivity contribution in [2.75, 3.05) is 14.6 Å². The topological polar surface area (TPSA) is 9.72 Å². The van der Waals surface area contributed by atoms with Crippen molar-refractivity contribution in [1.29, 1.82) is 0 Å². The van der Waals surface area contributed by atoms with Crippen LogP contribution in [0, 0.1) is 6.92 Å². The maximum Gasteiger partial charge on any atom is 0.333 e. The van der Waals surface area contributed by atoms with Gasteiger partial charge in [0.1, 0.15) is 0 Å². The normalized spacial score (nSPS) is 13.2. The summed E-state index contributed by atoms with van der Waals surface area (Å²) < 4.78 is 0. The van der Waals surface area contributed by atoms with Crippen molar-refractivity contribution in [3.63, 3.8) is 0 Å². The first-order valence-corrected chi connectivity index (χ1v) is 27.1. The lowest BCUT2D eigenvalue weighted by Crippen LogP contribution is -2.62. The number of para-hydroxylation sites is 3. The summed E-state index contributed by atoms with van der Waals surface area (Å²) in [6.07, 6.45) is 0. The van der Waals surface area contributed by atoms with Gasteiger partial charge in [0.15, 0.2) is 0 Å². The molecule has 0 aromatic heterocycles. The Bertz CT molecular complexity index is 4110. The van der Waals surface area contributed by atoms with Crippen LogP contribution in [0.2, 0.25) is 0 Å². The summed E-state index contributed by atoms with van der Waals surface area (Å²) in [7, 11) is 0. The number of nitrogens with zero attached hydrogens (tertiary/aromatic N) is 3. The number of hydrogen-bond donors (Lipinski definition) is 0. The first-order valence-electron chi connectivity index (χ1n) is 27.1. The summed E-state index contributed by atoms with van der Waals surface area (Å²) in [6.45, 7) is 2.04. The van der Waals surface area contributed by atoms with Gasteiger partial charge in [-0.1, -0.05) is 231 Å². The molecule has 0 amide bonds. The van der Waals surface area contributed by atoms with Gasteiger partial charge >= 0.3 is 6.85 Å². The van der Waals surface area contributed by atoms with Gasteiger partial charge in [-0.15, -0.1) is 0 Å². The van der Waals surface area contributed by atoms with E-state index in [0.29, 0.717) is 0 Å². The number of anilines is 8. The molecule has 0 spiro atoms. The first-order chi connectivity index (χ1) is 38.6. The van der Waals surface area contributed by atoms with Gasteiger partial charge in [0.2, 0.25) is 0 Å². The van der Waals surface area contributed by atoms with Gasteiger partial charge < -0.3 is 14.6 Å². The van der Waals surface area contributed by atoms with Crippen LogP contribution in [0.5, 0.6) is 0 Å². The lowest BCUT2D eigenvalue weighted by molar-refractivity contribution is 0.732. The van der Waals surface area contributed by atoms with E-state index in [-0.39, 0.29) is 6.85 Å². The summed E-state index contributed by atoms with van der Waals surface area (Å²) in [4.78, 5) is 7.73. The second-order valence-electron chi connectivity index (χ2n) is 20.8.